The molecule has 1 aliphatic rings. The van der Waals surface area contributed by atoms with Crippen molar-refractivity contribution in [3.8, 4) is 6.07 Å². The first kappa shape index (κ1) is 19.2. The second kappa shape index (κ2) is 7.81. The molecule has 0 saturated heterocycles. The SMILES string of the molecule is COC(=O)C1=C(C(=O)OC)N(c2c(Cl)cc([N+](=O)[O-])cc2C#N)COC1. The molecular formula is C15H12ClN3O7. The zero-order chi connectivity index (χ0) is 19.4. The molecule has 136 valence electrons. The van der Waals surface area contributed by atoms with Gasteiger partial charge in [-0.05, 0) is 0 Å². The third kappa shape index (κ3) is 3.44. The summed E-state index contributed by atoms with van der Waals surface area (Å²) >= 11 is 6.12. The number of nitro benzene ring substituents is 1. The molecule has 0 unspecified atom stereocenters. The van der Waals surface area contributed by atoms with Crippen LogP contribution in [0.4, 0.5) is 11.4 Å². The largest absolute Gasteiger partial charge is 0.466 e. The van der Waals surface area contributed by atoms with Gasteiger partial charge in [-0.25, -0.2) is 9.59 Å². The van der Waals surface area contributed by atoms with E-state index in [-0.39, 0.29) is 40.9 Å². The van der Waals surface area contributed by atoms with Crippen LogP contribution < -0.4 is 4.90 Å². The van der Waals surface area contributed by atoms with Gasteiger partial charge in [0.1, 0.15) is 18.5 Å². The molecule has 11 heteroatoms. The van der Waals surface area contributed by atoms with Gasteiger partial charge in [-0.3, -0.25) is 10.1 Å². The zero-order valence-corrected chi connectivity index (χ0v) is 14.4. The number of rotatable bonds is 4. The Hall–Kier alpha value is -3.16. The topological polar surface area (TPSA) is 132 Å². The number of non-ortho nitro benzene ring substituents is 1. The molecule has 10 nitrogen and oxygen atoms in total. The number of hydrogen-bond acceptors (Lipinski definition) is 9. The van der Waals surface area contributed by atoms with Gasteiger partial charge in [0.25, 0.3) is 5.69 Å². The minimum absolute atomic E-state index is 0.0266. The lowest BCUT2D eigenvalue weighted by atomic mass is 10.1. The van der Waals surface area contributed by atoms with Gasteiger partial charge in [0.15, 0.2) is 0 Å². The molecule has 1 heterocycles. The van der Waals surface area contributed by atoms with Crippen LogP contribution in [0.15, 0.2) is 23.4 Å². The average molecular weight is 382 g/mol. The fourth-order valence-corrected chi connectivity index (χ4v) is 2.69. The van der Waals surface area contributed by atoms with E-state index in [0.29, 0.717) is 0 Å². The van der Waals surface area contributed by atoms with Gasteiger partial charge in [0.2, 0.25) is 0 Å². The number of esters is 2. The van der Waals surface area contributed by atoms with E-state index in [4.69, 9.17) is 21.1 Å². The number of benzene rings is 1. The van der Waals surface area contributed by atoms with Gasteiger partial charge < -0.3 is 19.1 Å². The number of ether oxygens (including phenoxy) is 3. The number of nitriles is 1. The quantitative estimate of drug-likeness (QED) is 0.432. The second-order valence-corrected chi connectivity index (χ2v) is 5.32. The van der Waals surface area contributed by atoms with Gasteiger partial charge in [-0.15, -0.1) is 0 Å². The van der Waals surface area contributed by atoms with Crippen molar-refractivity contribution >= 4 is 34.9 Å². The number of nitro groups is 1. The molecule has 2 rings (SSSR count). The normalized spacial score (nSPS) is 13.8. The van der Waals surface area contributed by atoms with Gasteiger partial charge in [0.05, 0.1) is 47.6 Å². The first-order valence-electron chi connectivity index (χ1n) is 6.98. The number of halogens is 1. The third-order valence-corrected chi connectivity index (χ3v) is 3.77. The number of hydrogen-bond donors (Lipinski definition) is 0. The summed E-state index contributed by atoms with van der Waals surface area (Å²) in [6.45, 7) is -0.461. The van der Waals surface area contributed by atoms with Crippen molar-refractivity contribution < 1.29 is 28.7 Å². The van der Waals surface area contributed by atoms with Crippen molar-refractivity contribution in [1.29, 1.82) is 5.26 Å². The fraction of sp³-hybridized carbons (Fsp3) is 0.267. The molecule has 26 heavy (non-hydrogen) atoms. The molecule has 0 N–H and O–H groups in total. The summed E-state index contributed by atoms with van der Waals surface area (Å²) in [7, 11) is 2.24. The van der Waals surface area contributed by atoms with Gasteiger partial charge in [-0.2, -0.15) is 5.26 Å². The van der Waals surface area contributed by atoms with E-state index < -0.39 is 22.5 Å². The van der Waals surface area contributed by atoms with Crippen LogP contribution >= 0.6 is 11.6 Å². The maximum atomic E-state index is 12.2. The summed E-state index contributed by atoms with van der Waals surface area (Å²) in [4.78, 5) is 35.6. The molecule has 0 amide bonds. The molecule has 0 saturated carbocycles. The van der Waals surface area contributed by atoms with Crippen molar-refractivity contribution in [3.63, 3.8) is 0 Å². The molecule has 1 aromatic carbocycles. The first-order chi connectivity index (χ1) is 12.3. The molecule has 0 aliphatic carbocycles. The Labute approximate surface area is 152 Å². The lowest BCUT2D eigenvalue weighted by Gasteiger charge is -2.32. The average Bonchev–Trinajstić information content (AvgIpc) is 2.65. The van der Waals surface area contributed by atoms with Crippen LogP contribution in [0.2, 0.25) is 5.02 Å². The highest BCUT2D eigenvalue weighted by atomic mass is 35.5. The van der Waals surface area contributed by atoms with Crippen molar-refractivity contribution in [2.75, 3.05) is 32.5 Å². The van der Waals surface area contributed by atoms with Crippen molar-refractivity contribution in [2.24, 2.45) is 0 Å². The lowest BCUT2D eigenvalue weighted by molar-refractivity contribution is -0.384. The monoisotopic (exact) mass is 381 g/mol. The predicted molar refractivity (Wildman–Crippen MR) is 87.2 cm³/mol. The molecule has 0 radical (unpaired) electrons. The van der Waals surface area contributed by atoms with Crippen LogP contribution in [0.5, 0.6) is 0 Å². The minimum atomic E-state index is -0.882. The summed E-state index contributed by atoms with van der Waals surface area (Å²) in [5, 5.41) is 20.1. The molecular weight excluding hydrogens is 370 g/mol. The third-order valence-electron chi connectivity index (χ3n) is 3.48. The minimum Gasteiger partial charge on any atom is -0.466 e. The number of methoxy groups -OCH3 is 2. The van der Waals surface area contributed by atoms with Gasteiger partial charge in [0, 0.05) is 12.1 Å². The number of nitrogens with zero attached hydrogens (tertiary/aromatic N) is 3. The smallest absolute Gasteiger partial charge is 0.355 e. The van der Waals surface area contributed by atoms with Gasteiger partial charge in [-0.1, -0.05) is 11.6 Å². The number of carbonyl (C=O) groups excluding carboxylic acids is 2. The van der Waals surface area contributed by atoms with Crippen molar-refractivity contribution in [2.45, 2.75) is 0 Å². The van der Waals surface area contributed by atoms with Gasteiger partial charge >= 0.3 is 11.9 Å². The van der Waals surface area contributed by atoms with E-state index >= 15 is 0 Å². The maximum Gasteiger partial charge on any atom is 0.355 e. The second-order valence-electron chi connectivity index (χ2n) is 4.91. The summed E-state index contributed by atoms with van der Waals surface area (Å²) in [6.07, 6.45) is 0. The van der Waals surface area contributed by atoms with E-state index in [0.717, 1.165) is 31.3 Å². The van der Waals surface area contributed by atoms with E-state index in [2.05, 4.69) is 4.74 Å². The van der Waals surface area contributed by atoms with E-state index in [9.17, 15) is 25.0 Å². The number of carbonyl (C=O) groups is 2. The van der Waals surface area contributed by atoms with E-state index in [1.54, 1.807) is 6.07 Å². The van der Waals surface area contributed by atoms with Crippen molar-refractivity contribution in [1.82, 2.24) is 0 Å². The summed E-state index contributed by atoms with van der Waals surface area (Å²) in [6, 6.07) is 3.82. The zero-order valence-electron chi connectivity index (χ0n) is 13.6. The Morgan fingerprint density at radius 3 is 2.54 bits per heavy atom. The molecule has 0 fully saturated rings. The molecule has 0 bridgehead atoms. The molecule has 0 spiro atoms. The Bertz CT molecular complexity index is 860. The fourth-order valence-electron chi connectivity index (χ4n) is 2.37. The molecule has 0 atom stereocenters. The Morgan fingerprint density at radius 1 is 1.35 bits per heavy atom. The highest BCUT2D eigenvalue weighted by Crippen LogP contribution is 2.37. The van der Waals surface area contributed by atoms with Crippen LogP contribution in [0.1, 0.15) is 5.56 Å². The predicted octanol–water partition coefficient (Wildman–Crippen LogP) is 1.51. The van der Waals surface area contributed by atoms with Crippen LogP contribution in [0.3, 0.4) is 0 Å². The van der Waals surface area contributed by atoms with Crippen LogP contribution in [-0.2, 0) is 23.8 Å². The summed E-state index contributed by atoms with van der Waals surface area (Å²) in [5.74, 6) is -1.71. The number of anilines is 1. The van der Waals surface area contributed by atoms with Crippen molar-refractivity contribution in [3.05, 3.63) is 44.1 Å². The summed E-state index contributed by atoms with van der Waals surface area (Å²) in [5.41, 5.74) is -0.964. The Balaban J connectivity index is 2.73. The molecule has 1 aliphatic heterocycles. The molecule has 0 aromatic heterocycles. The maximum absolute atomic E-state index is 12.2. The summed E-state index contributed by atoms with van der Waals surface area (Å²) < 4.78 is 14.6. The lowest BCUT2D eigenvalue weighted by Crippen LogP contribution is -2.39. The van der Waals surface area contributed by atoms with E-state index in [1.165, 1.54) is 0 Å². The Morgan fingerprint density at radius 2 is 2.00 bits per heavy atom. The highest BCUT2D eigenvalue weighted by molar-refractivity contribution is 6.34. The van der Waals surface area contributed by atoms with Crippen LogP contribution in [0, 0.1) is 21.4 Å². The first-order valence-corrected chi connectivity index (χ1v) is 7.36. The highest BCUT2D eigenvalue weighted by Gasteiger charge is 2.35. The van der Waals surface area contributed by atoms with Crippen LogP contribution in [0.25, 0.3) is 0 Å². The standard InChI is InChI=1S/C15H12ClN3O7/c1-24-14(20)10-6-26-7-18(13(10)15(21)25-2)12-8(5-17)3-9(19(22)23)4-11(12)16/h3-4H,6-7H2,1-2H3. The Kier molecular flexibility index (Phi) is 5.76. The van der Waals surface area contributed by atoms with E-state index in [1.807, 2.05) is 0 Å². The van der Waals surface area contributed by atoms with Crippen LogP contribution in [-0.4, -0.2) is 44.4 Å². The molecule has 1 aromatic rings.